The molecule has 0 radical (unpaired) electrons. The summed E-state index contributed by atoms with van der Waals surface area (Å²) < 4.78 is 0. The maximum Gasteiger partial charge on any atom is 0.230 e. The van der Waals surface area contributed by atoms with Crippen molar-refractivity contribution >= 4 is 0 Å². The topological polar surface area (TPSA) is 82.1 Å². The molecule has 1 aliphatic rings. The van der Waals surface area contributed by atoms with Crippen LogP contribution in [0.3, 0.4) is 0 Å². The fourth-order valence-corrected chi connectivity index (χ4v) is 0.629. The predicted molar refractivity (Wildman–Crippen MR) is 25.4 cm³/mol. The molecule has 0 aromatic carbocycles. The minimum Gasteiger partial charge on any atom is -0.569 e. The molecule has 1 heterocycles. The van der Waals surface area contributed by atoms with Crippen molar-refractivity contribution in [1.29, 1.82) is 0 Å². The second-order valence-corrected chi connectivity index (χ2v) is 1.87. The summed E-state index contributed by atoms with van der Waals surface area (Å²) in [4.78, 5) is 0.0483. The predicted octanol–water partition coefficient (Wildman–Crippen LogP) is -1.07. The molecule has 2 N–H and O–H groups in total. The van der Waals surface area contributed by atoms with Crippen LogP contribution in [0.25, 0.3) is 0 Å². The van der Waals surface area contributed by atoms with E-state index in [9.17, 15) is 5.21 Å². The van der Waals surface area contributed by atoms with E-state index in [2.05, 4.69) is 5.28 Å². The highest BCUT2D eigenvalue weighted by Gasteiger charge is 2.31. The fraction of sp³-hybridized carbons (Fsp3) is 1.00. The SMILES string of the molecule is [O-][N+](=NO)N1CC(O)C1. The molecule has 0 unspecified atom stereocenters. The molecule has 1 aliphatic heterocycles. The summed E-state index contributed by atoms with van der Waals surface area (Å²) in [7, 11) is 0. The highest BCUT2D eigenvalue weighted by atomic mass is 16.6. The summed E-state index contributed by atoms with van der Waals surface area (Å²) in [6.07, 6.45) is -0.455. The number of hydrogen-bond acceptors (Lipinski definition) is 3. The normalized spacial score (nSPS) is 21.9. The highest BCUT2D eigenvalue weighted by molar-refractivity contribution is 4.70. The van der Waals surface area contributed by atoms with Crippen molar-refractivity contribution in [3.63, 3.8) is 0 Å². The van der Waals surface area contributed by atoms with E-state index in [1.807, 2.05) is 0 Å². The lowest BCUT2D eigenvalue weighted by atomic mass is 10.2. The monoisotopic (exact) mass is 133 g/mol. The van der Waals surface area contributed by atoms with Crippen molar-refractivity contribution < 1.29 is 15.3 Å². The molecule has 0 atom stereocenters. The smallest absolute Gasteiger partial charge is 0.230 e. The van der Waals surface area contributed by atoms with Crippen molar-refractivity contribution in [1.82, 2.24) is 5.01 Å². The quantitative estimate of drug-likeness (QED) is 0.271. The number of rotatable bonds is 1. The van der Waals surface area contributed by atoms with Gasteiger partial charge in [-0.3, -0.25) is 0 Å². The van der Waals surface area contributed by atoms with Crippen molar-refractivity contribution in [2.75, 3.05) is 13.1 Å². The Labute approximate surface area is 51.1 Å². The molecule has 0 aromatic heterocycles. The summed E-state index contributed by atoms with van der Waals surface area (Å²) in [5.41, 5.74) is 0. The van der Waals surface area contributed by atoms with Crippen molar-refractivity contribution in [3.05, 3.63) is 5.21 Å². The minimum absolute atomic E-state index is 0.0483. The molecular weight excluding hydrogens is 126 g/mol. The van der Waals surface area contributed by atoms with Gasteiger partial charge in [-0.05, 0) is 0 Å². The maximum atomic E-state index is 10.3. The van der Waals surface area contributed by atoms with E-state index in [4.69, 9.17) is 10.3 Å². The first-order valence-electron chi connectivity index (χ1n) is 2.49. The van der Waals surface area contributed by atoms with Gasteiger partial charge in [0.05, 0.1) is 4.97 Å². The number of aliphatic hydroxyl groups is 1. The number of hydrazine groups is 1. The molecule has 52 valence electrons. The van der Waals surface area contributed by atoms with Crippen LogP contribution in [0, 0.1) is 5.21 Å². The lowest BCUT2D eigenvalue weighted by Crippen LogP contribution is -2.53. The van der Waals surface area contributed by atoms with Crippen molar-refractivity contribution in [2.24, 2.45) is 5.28 Å². The average Bonchev–Trinajstić information content (AvgIpc) is 1.79. The van der Waals surface area contributed by atoms with Crippen LogP contribution in [-0.2, 0) is 0 Å². The Morgan fingerprint density at radius 3 is 2.56 bits per heavy atom. The molecule has 0 spiro atoms. The Morgan fingerprint density at radius 1 is 1.67 bits per heavy atom. The van der Waals surface area contributed by atoms with Crippen LogP contribution in [0.4, 0.5) is 0 Å². The van der Waals surface area contributed by atoms with Gasteiger partial charge in [0, 0.05) is 0 Å². The molecule has 0 amide bonds. The van der Waals surface area contributed by atoms with Crippen LogP contribution in [0.5, 0.6) is 0 Å². The second-order valence-electron chi connectivity index (χ2n) is 1.87. The Balaban J connectivity index is 2.32. The third-order valence-electron chi connectivity index (χ3n) is 1.16. The van der Waals surface area contributed by atoms with E-state index in [0.717, 1.165) is 5.01 Å². The van der Waals surface area contributed by atoms with Gasteiger partial charge in [-0.25, -0.2) is 0 Å². The van der Waals surface area contributed by atoms with Crippen LogP contribution in [0.15, 0.2) is 5.28 Å². The lowest BCUT2D eigenvalue weighted by Gasteiger charge is -2.29. The molecule has 0 saturated carbocycles. The third kappa shape index (κ3) is 1.02. The summed E-state index contributed by atoms with van der Waals surface area (Å²) >= 11 is 0. The second kappa shape index (κ2) is 2.06. The average molecular weight is 133 g/mol. The molecule has 1 rings (SSSR count). The summed E-state index contributed by atoms with van der Waals surface area (Å²) in [5, 5.41) is 30.3. The van der Waals surface area contributed by atoms with Crippen LogP contribution in [0.1, 0.15) is 0 Å². The van der Waals surface area contributed by atoms with Gasteiger partial charge in [0.2, 0.25) is 5.28 Å². The molecule has 6 heteroatoms. The largest absolute Gasteiger partial charge is 0.569 e. The van der Waals surface area contributed by atoms with Gasteiger partial charge >= 0.3 is 0 Å². The van der Waals surface area contributed by atoms with Crippen LogP contribution >= 0.6 is 0 Å². The Bertz CT molecular complexity index is 130. The van der Waals surface area contributed by atoms with E-state index in [1.165, 1.54) is 0 Å². The number of aliphatic hydroxyl groups excluding tert-OH is 1. The van der Waals surface area contributed by atoms with Crippen LogP contribution in [0.2, 0.25) is 0 Å². The van der Waals surface area contributed by atoms with Gasteiger partial charge in [-0.1, -0.05) is 0 Å². The number of hydrogen-bond donors (Lipinski definition) is 2. The first-order chi connectivity index (χ1) is 4.24. The van der Waals surface area contributed by atoms with E-state index in [-0.39, 0.29) is 18.1 Å². The van der Waals surface area contributed by atoms with Gasteiger partial charge in [-0.15, -0.1) is 5.01 Å². The Hall–Kier alpha value is -1.04. The first-order valence-corrected chi connectivity index (χ1v) is 2.49. The fourth-order valence-electron chi connectivity index (χ4n) is 0.629. The molecular formula is C3H7N3O3. The third-order valence-corrected chi connectivity index (χ3v) is 1.16. The highest BCUT2D eigenvalue weighted by Crippen LogP contribution is 2.05. The van der Waals surface area contributed by atoms with Gasteiger partial charge in [0.1, 0.15) is 19.2 Å². The summed E-state index contributed by atoms with van der Waals surface area (Å²) in [6.45, 7) is 0.487. The van der Waals surface area contributed by atoms with Gasteiger partial charge in [-0.2, -0.15) is 0 Å². The number of nitrogens with zero attached hydrogens (tertiary/aromatic N) is 3. The van der Waals surface area contributed by atoms with Crippen LogP contribution in [-0.4, -0.2) is 39.5 Å². The standard InChI is InChI=1S/C3H7N3O3/c7-3-1-5(2-3)6(9)4-8/h3,7-8H,1-2H2. The van der Waals surface area contributed by atoms with Crippen molar-refractivity contribution in [2.45, 2.75) is 6.10 Å². The molecule has 9 heavy (non-hydrogen) atoms. The lowest BCUT2D eigenvalue weighted by molar-refractivity contribution is -0.725. The van der Waals surface area contributed by atoms with Gasteiger partial charge in [0.25, 0.3) is 0 Å². The molecule has 0 aliphatic carbocycles. The minimum atomic E-state index is -0.455. The summed E-state index contributed by atoms with van der Waals surface area (Å²) in [5.74, 6) is 0. The maximum absolute atomic E-state index is 10.3. The molecule has 6 nitrogen and oxygen atoms in total. The molecule has 0 aromatic rings. The molecule has 1 fully saturated rings. The molecule has 1 saturated heterocycles. The van der Waals surface area contributed by atoms with E-state index in [1.54, 1.807) is 0 Å². The van der Waals surface area contributed by atoms with E-state index >= 15 is 0 Å². The zero-order valence-electron chi connectivity index (χ0n) is 4.64. The molecule has 0 bridgehead atoms. The zero-order valence-corrected chi connectivity index (χ0v) is 4.64. The number of β-amino-alcohol motifs (C(OH)–C–C–N with tert-alkyl or cyclic N) is 1. The van der Waals surface area contributed by atoms with Crippen LogP contribution < -0.4 is 0 Å². The summed E-state index contributed by atoms with van der Waals surface area (Å²) in [6, 6.07) is 0. The van der Waals surface area contributed by atoms with Crippen molar-refractivity contribution in [3.8, 4) is 0 Å². The first kappa shape index (κ1) is 6.09. The van der Waals surface area contributed by atoms with E-state index < -0.39 is 6.10 Å². The Kier molecular flexibility index (Phi) is 1.39. The van der Waals surface area contributed by atoms with Gasteiger partial charge < -0.3 is 15.5 Å². The van der Waals surface area contributed by atoms with E-state index in [0.29, 0.717) is 0 Å². The van der Waals surface area contributed by atoms with Gasteiger partial charge in [0.15, 0.2) is 0 Å². The Morgan fingerprint density at radius 2 is 2.22 bits per heavy atom. The zero-order chi connectivity index (χ0) is 6.85.